The molecule has 1 saturated heterocycles. The van der Waals surface area contributed by atoms with E-state index in [4.69, 9.17) is 4.74 Å². The van der Waals surface area contributed by atoms with Crippen LogP contribution in [0, 0.1) is 11.8 Å². The Morgan fingerprint density at radius 1 is 1.29 bits per heavy atom. The van der Waals surface area contributed by atoms with Gasteiger partial charge in [-0.25, -0.2) is 0 Å². The van der Waals surface area contributed by atoms with Crippen LogP contribution in [-0.4, -0.2) is 64.6 Å². The van der Waals surface area contributed by atoms with Crippen molar-refractivity contribution in [2.75, 3.05) is 33.4 Å². The standard InChI is InChI=1S/C17H21N3O4/c1-24-14-4-2-3-11(5-14)15-6-16(19-18-15)17(23)20-7-12(9-21)13(8-20)10-22/h2-6,12-13,21-22H,7-10H2,1H3,(H,18,19)/t12-,13-/m0/s1. The summed E-state index contributed by atoms with van der Waals surface area (Å²) in [4.78, 5) is 14.2. The molecule has 0 bridgehead atoms. The fourth-order valence-electron chi connectivity index (χ4n) is 3.05. The summed E-state index contributed by atoms with van der Waals surface area (Å²) in [5.74, 6) is 0.380. The molecule has 0 saturated carbocycles. The lowest BCUT2D eigenvalue weighted by atomic mass is 9.98. The first-order valence-electron chi connectivity index (χ1n) is 7.87. The van der Waals surface area contributed by atoms with E-state index in [1.165, 1.54) is 0 Å². The number of methoxy groups -OCH3 is 1. The van der Waals surface area contributed by atoms with Crippen molar-refractivity contribution in [2.45, 2.75) is 0 Å². The molecule has 0 radical (unpaired) electrons. The van der Waals surface area contributed by atoms with Gasteiger partial charge in [0.25, 0.3) is 5.91 Å². The summed E-state index contributed by atoms with van der Waals surface area (Å²) in [6.45, 7) is 0.808. The van der Waals surface area contributed by atoms with Crippen LogP contribution in [-0.2, 0) is 0 Å². The molecule has 1 aromatic heterocycles. The van der Waals surface area contributed by atoms with Crippen LogP contribution in [0.5, 0.6) is 5.75 Å². The largest absolute Gasteiger partial charge is 0.497 e. The van der Waals surface area contributed by atoms with Crippen molar-refractivity contribution in [3.63, 3.8) is 0 Å². The van der Waals surface area contributed by atoms with Crippen molar-refractivity contribution in [1.29, 1.82) is 0 Å². The number of hydrogen-bond acceptors (Lipinski definition) is 5. The molecule has 1 fully saturated rings. The highest BCUT2D eigenvalue weighted by Gasteiger charge is 2.35. The number of aromatic amines is 1. The summed E-state index contributed by atoms with van der Waals surface area (Å²) in [6.07, 6.45) is 0. The van der Waals surface area contributed by atoms with Gasteiger partial charge in [0.05, 0.1) is 12.8 Å². The van der Waals surface area contributed by atoms with Gasteiger partial charge < -0.3 is 19.8 Å². The Labute approximate surface area is 139 Å². The van der Waals surface area contributed by atoms with E-state index in [1.54, 1.807) is 18.1 Å². The summed E-state index contributed by atoms with van der Waals surface area (Å²) in [6, 6.07) is 9.16. The number of H-pyrrole nitrogens is 1. The van der Waals surface area contributed by atoms with E-state index in [1.807, 2.05) is 24.3 Å². The number of hydrogen-bond donors (Lipinski definition) is 3. The van der Waals surface area contributed by atoms with Gasteiger partial charge in [-0.15, -0.1) is 0 Å². The summed E-state index contributed by atoms with van der Waals surface area (Å²) >= 11 is 0. The average molecular weight is 331 g/mol. The fourth-order valence-corrected chi connectivity index (χ4v) is 3.05. The summed E-state index contributed by atoms with van der Waals surface area (Å²) in [5.41, 5.74) is 1.91. The van der Waals surface area contributed by atoms with Gasteiger partial charge in [0.1, 0.15) is 11.4 Å². The van der Waals surface area contributed by atoms with Crippen LogP contribution in [0.3, 0.4) is 0 Å². The Hall–Kier alpha value is -2.38. The maximum absolute atomic E-state index is 12.6. The second-order valence-corrected chi connectivity index (χ2v) is 5.99. The number of aliphatic hydroxyl groups is 2. The van der Waals surface area contributed by atoms with Crippen LogP contribution in [0.15, 0.2) is 30.3 Å². The normalized spacial score (nSPS) is 20.4. The molecule has 3 N–H and O–H groups in total. The molecule has 2 atom stereocenters. The molecule has 128 valence electrons. The highest BCUT2D eigenvalue weighted by Crippen LogP contribution is 2.26. The molecule has 1 aromatic carbocycles. The zero-order valence-corrected chi connectivity index (χ0v) is 13.5. The number of aliphatic hydroxyl groups excluding tert-OH is 2. The molecule has 3 rings (SSSR count). The van der Waals surface area contributed by atoms with Crippen molar-refractivity contribution < 1.29 is 19.7 Å². The second kappa shape index (κ2) is 7.02. The van der Waals surface area contributed by atoms with Crippen LogP contribution in [0.2, 0.25) is 0 Å². The summed E-state index contributed by atoms with van der Waals surface area (Å²) in [7, 11) is 1.60. The Balaban J connectivity index is 1.77. The lowest BCUT2D eigenvalue weighted by molar-refractivity contribution is 0.0772. The van der Waals surface area contributed by atoms with Gasteiger partial charge in [-0.1, -0.05) is 12.1 Å². The predicted molar refractivity (Wildman–Crippen MR) is 87.6 cm³/mol. The van der Waals surface area contributed by atoms with Crippen molar-refractivity contribution in [3.05, 3.63) is 36.0 Å². The molecule has 1 aliphatic heterocycles. The molecule has 7 heteroatoms. The Morgan fingerprint density at radius 3 is 2.62 bits per heavy atom. The minimum atomic E-state index is -0.175. The zero-order chi connectivity index (χ0) is 17.1. The Kier molecular flexibility index (Phi) is 4.82. The first-order chi connectivity index (χ1) is 11.7. The number of carbonyl (C=O) groups is 1. The molecule has 24 heavy (non-hydrogen) atoms. The number of likely N-dealkylation sites (tertiary alicyclic amines) is 1. The lowest BCUT2D eigenvalue weighted by Crippen LogP contribution is -2.29. The third-order valence-electron chi connectivity index (χ3n) is 4.51. The van der Waals surface area contributed by atoms with Gasteiger partial charge >= 0.3 is 0 Å². The van der Waals surface area contributed by atoms with Crippen LogP contribution in [0.4, 0.5) is 0 Å². The van der Waals surface area contributed by atoms with Gasteiger partial charge in [0.15, 0.2) is 0 Å². The number of carbonyl (C=O) groups excluding carboxylic acids is 1. The van der Waals surface area contributed by atoms with Crippen molar-refractivity contribution in [3.8, 4) is 17.0 Å². The third-order valence-corrected chi connectivity index (χ3v) is 4.51. The molecule has 1 aliphatic rings. The molecule has 7 nitrogen and oxygen atoms in total. The first-order valence-corrected chi connectivity index (χ1v) is 7.87. The Morgan fingerprint density at radius 2 is 2.00 bits per heavy atom. The number of amides is 1. The van der Waals surface area contributed by atoms with Gasteiger partial charge in [-0.2, -0.15) is 5.10 Å². The maximum atomic E-state index is 12.6. The highest BCUT2D eigenvalue weighted by atomic mass is 16.5. The van der Waals surface area contributed by atoms with E-state index in [2.05, 4.69) is 10.2 Å². The van der Waals surface area contributed by atoms with E-state index in [-0.39, 0.29) is 31.0 Å². The highest BCUT2D eigenvalue weighted by molar-refractivity contribution is 5.93. The van der Waals surface area contributed by atoms with Gasteiger partial charge in [-0.3, -0.25) is 9.89 Å². The molecule has 2 aromatic rings. The smallest absolute Gasteiger partial charge is 0.271 e. The SMILES string of the molecule is COc1cccc(-c2cc(C(=O)N3C[C@@H](CO)[C@H](CO)C3)[nH]n2)c1. The first kappa shape index (κ1) is 16.5. The van der Waals surface area contributed by atoms with Crippen LogP contribution in [0.1, 0.15) is 10.5 Å². The molecular formula is C17H21N3O4. The van der Waals surface area contributed by atoms with E-state index in [9.17, 15) is 15.0 Å². The van der Waals surface area contributed by atoms with E-state index < -0.39 is 0 Å². The number of nitrogens with one attached hydrogen (secondary N) is 1. The number of nitrogens with zero attached hydrogens (tertiary/aromatic N) is 2. The second-order valence-electron chi connectivity index (χ2n) is 5.99. The third kappa shape index (κ3) is 3.13. The van der Waals surface area contributed by atoms with Crippen LogP contribution < -0.4 is 4.74 Å². The monoisotopic (exact) mass is 331 g/mol. The zero-order valence-electron chi connectivity index (χ0n) is 13.5. The number of rotatable bonds is 5. The summed E-state index contributed by atoms with van der Waals surface area (Å²) < 4.78 is 5.20. The topological polar surface area (TPSA) is 98.7 Å². The number of aromatic nitrogens is 2. The van der Waals surface area contributed by atoms with Gasteiger partial charge in [0, 0.05) is 43.7 Å². The molecule has 1 amide bonds. The molecular weight excluding hydrogens is 310 g/mol. The van der Waals surface area contributed by atoms with E-state index in [0.29, 0.717) is 24.5 Å². The lowest BCUT2D eigenvalue weighted by Gasteiger charge is -2.14. The quantitative estimate of drug-likeness (QED) is 0.751. The van der Waals surface area contributed by atoms with Crippen LogP contribution >= 0.6 is 0 Å². The predicted octanol–water partition coefficient (Wildman–Crippen LogP) is 0.758. The van der Waals surface area contributed by atoms with Crippen molar-refractivity contribution in [2.24, 2.45) is 11.8 Å². The average Bonchev–Trinajstić information content (AvgIpc) is 3.28. The van der Waals surface area contributed by atoms with Crippen molar-refractivity contribution in [1.82, 2.24) is 15.1 Å². The number of benzene rings is 1. The summed E-state index contributed by atoms with van der Waals surface area (Å²) in [5, 5.41) is 25.7. The Bertz CT molecular complexity index is 703. The van der Waals surface area contributed by atoms with Crippen molar-refractivity contribution >= 4 is 5.91 Å². The van der Waals surface area contributed by atoms with Crippen LogP contribution in [0.25, 0.3) is 11.3 Å². The molecule has 0 unspecified atom stereocenters. The number of ether oxygens (including phenoxy) is 1. The van der Waals surface area contributed by atoms with E-state index in [0.717, 1.165) is 11.3 Å². The maximum Gasteiger partial charge on any atom is 0.271 e. The van der Waals surface area contributed by atoms with Gasteiger partial charge in [-0.05, 0) is 18.2 Å². The molecule has 0 aliphatic carbocycles. The van der Waals surface area contributed by atoms with E-state index >= 15 is 0 Å². The minimum absolute atomic E-state index is 0.0347. The molecule has 2 heterocycles. The fraction of sp³-hybridized carbons (Fsp3) is 0.412. The molecule has 0 spiro atoms. The van der Waals surface area contributed by atoms with Gasteiger partial charge in [0.2, 0.25) is 0 Å². The minimum Gasteiger partial charge on any atom is -0.497 e.